The third-order valence-electron chi connectivity index (χ3n) is 9.81. The van der Waals surface area contributed by atoms with Gasteiger partial charge in [-0.05, 0) is 75.0 Å². The molecule has 55 heavy (non-hydrogen) atoms. The molecule has 0 spiro atoms. The number of carbonyl (C=O) groups is 6. The number of amides is 5. The van der Waals surface area contributed by atoms with Crippen LogP contribution < -0.4 is 38.5 Å². The third-order valence-corrected chi connectivity index (χ3v) is 9.81. The zero-order valence-corrected chi connectivity index (χ0v) is 32.4. The van der Waals surface area contributed by atoms with Gasteiger partial charge in [0, 0.05) is 19.5 Å². The highest BCUT2D eigenvalue weighted by atomic mass is 16.5. The second-order valence-corrected chi connectivity index (χ2v) is 14.7. The van der Waals surface area contributed by atoms with Gasteiger partial charge >= 0.3 is 5.97 Å². The summed E-state index contributed by atoms with van der Waals surface area (Å²) in [5.74, 6) is -2.91. The molecule has 1 fully saturated rings. The number of hydrogen-bond acceptors (Lipinski definition) is 10. The number of likely N-dealkylation sites (tertiary alicyclic amines) is 1. The van der Waals surface area contributed by atoms with Gasteiger partial charge in [-0.25, -0.2) is 0 Å². The van der Waals surface area contributed by atoms with Crippen molar-refractivity contribution < 1.29 is 33.5 Å². The Morgan fingerprint density at radius 3 is 1.80 bits per heavy atom. The Labute approximate surface area is 324 Å². The van der Waals surface area contributed by atoms with Gasteiger partial charge in [-0.1, -0.05) is 74.5 Å². The lowest BCUT2D eigenvalue weighted by atomic mass is 9.88. The largest absolute Gasteiger partial charge is 0.468 e. The number of nitrogens with zero attached hydrogens (tertiary/aromatic N) is 1. The van der Waals surface area contributed by atoms with E-state index in [1.165, 1.54) is 12.0 Å². The van der Waals surface area contributed by atoms with E-state index in [4.69, 9.17) is 21.9 Å². The van der Waals surface area contributed by atoms with Gasteiger partial charge in [-0.15, -0.1) is 0 Å². The first-order chi connectivity index (χ1) is 26.3. The Hall–Kier alpha value is -4.86. The van der Waals surface area contributed by atoms with Gasteiger partial charge in [0.15, 0.2) is 0 Å². The Kier molecular flexibility index (Phi) is 18.2. The molecule has 2 aromatic rings. The zero-order valence-electron chi connectivity index (χ0n) is 32.4. The molecular weight excluding hydrogens is 704 g/mol. The van der Waals surface area contributed by atoms with E-state index in [1.807, 2.05) is 74.5 Å². The summed E-state index contributed by atoms with van der Waals surface area (Å²) in [7, 11) is 1.26. The Morgan fingerprint density at radius 1 is 0.727 bits per heavy atom. The number of esters is 1. The van der Waals surface area contributed by atoms with Crippen molar-refractivity contribution in [3.05, 3.63) is 71.8 Å². The van der Waals surface area contributed by atoms with Crippen LogP contribution in [-0.2, 0) is 46.3 Å². The lowest BCUT2D eigenvalue weighted by Gasteiger charge is -2.37. The summed E-state index contributed by atoms with van der Waals surface area (Å²) in [5.41, 5.74) is 18.6. The van der Waals surface area contributed by atoms with Gasteiger partial charge in [0.05, 0.1) is 19.7 Å². The average Bonchev–Trinajstić information content (AvgIpc) is 3.18. The first kappa shape index (κ1) is 44.5. The van der Waals surface area contributed by atoms with Gasteiger partial charge in [0.25, 0.3) is 0 Å². The predicted molar refractivity (Wildman–Crippen MR) is 209 cm³/mol. The van der Waals surface area contributed by atoms with Crippen LogP contribution >= 0.6 is 0 Å². The van der Waals surface area contributed by atoms with Crippen LogP contribution in [0.3, 0.4) is 0 Å². The normalized spacial score (nSPS) is 15.9. The summed E-state index contributed by atoms with van der Waals surface area (Å²) in [6.07, 6.45) is 3.10. The monoisotopic (exact) mass is 764 g/mol. The maximum Gasteiger partial charge on any atom is 0.325 e. The van der Waals surface area contributed by atoms with Crippen molar-refractivity contribution in [3.63, 3.8) is 0 Å². The van der Waals surface area contributed by atoms with Gasteiger partial charge in [0.2, 0.25) is 29.5 Å². The molecule has 1 saturated heterocycles. The summed E-state index contributed by atoms with van der Waals surface area (Å²) >= 11 is 0. The van der Waals surface area contributed by atoms with Crippen molar-refractivity contribution >= 4 is 35.5 Å². The SMILES string of the molecule is COC(=O)C1(N)CCN(C(=O)CNC(=O)[C@@H](CCCCN)NC(=O)[C@@H](CCC(C)C)NC(=O)[C@@H](Cc2ccccc2)NC(=O)[C@H](N)Cc2ccccc2)CC1. The average molecular weight is 765 g/mol. The van der Waals surface area contributed by atoms with E-state index in [2.05, 4.69) is 21.3 Å². The Bertz CT molecular complexity index is 1550. The molecule has 5 amide bonds. The standard InChI is InChI=1S/C40H60N8O7/c1-27(2)17-18-32(46-38(53)33(25-29-14-8-5-9-15-29)47-35(50)30(42)24-28-12-6-4-7-13-28)37(52)45-31(16-10-11-21-41)36(51)44-26-34(49)48-22-19-40(43,20-23-48)39(54)55-3/h4-9,12-15,27,30-33H,10-11,16-26,41-43H2,1-3H3,(H,44,51)(H,45,52)(H,46,53)(H,47,50)/t30-,31-,32-,33-/m1/s1. The number of benzene rings is 2. The van der Waals surface area contributed by atoms with Crippen LogP contribution in [-0.4, -0.2) is 103 Å². The molecule has 3 rings (SSSR count). The number of piperidine rings is 1. The van der Waals surface area contributed by atoms with E-state index in [0.29, 0.717) is 25.8 Å². The van der Waals surface area contributed by atoms with Crippen molar-refractivity contribution in [2.45, 2.75) is 101 Å². The van der Waals surface area contributed by atoms with E-state index in [0.717, 1.165) is 11.1 Å². The third kappa shape index (κ3) is 14.7. The molecule has 0 saturated carbocycles. The second kappa shape index (κ2) is 22.5. The molecule has 4 atom stereocenters. The smallest absolute Gasteiger partial charge is 0.325 e. The number of unbranched alkanes of at least 4 members (excludes halogenated alkanes) is 1. The number of nitrogens with one attached hydrogen (secondary N) is 4. The van der Waals surface area contributed by atoms with E-state index in [9.17, 15) is 28.8 Å². The van der Waals surface area contributed by atoms with Crippen molar-refractivity contribution in [3.8, 4) is 0 Å². The molecule has 0 aliphatic carbocycles. The molecule has 0 bridgehead atoms. The van der Waals surface area contributed by atoms with Gasteiger partial charge in [0.1, 0.15) is 23.7 Å². The van der Waals surface area contributed by atoms with E-state index in [-0.39, 0.29) is 70.0 Å². The van der Waals surface area contributed by atoms with Crippen LogP contribution in [0.4, 0.5) is 0 Å². The minimum Gasteiger partial charge on any atom is -0.468 e. The molecule has 0 unspecified atom stereocenters. The number of ether oxygens (including phenoxy) is 1. The maximum atomic E-state index is 14.0. The van der Waals surface area contributed by atoms with Crippen LogP contribution in [0.5, 0.6) is 0 Å². The lowest BCUT2D eigenvalue weighted by Crippen LogP contribution is -2.59. The quantitative estimate of drug-likeness (QED) is 0.0683. The summed E-state index contributed by atoms with van der Waals surface area (Å²) in [6.45, 7) is 4.50. The molecule has 1 aliphatic rings. The molecule has 0 aromatic heterocycles. The number of hydrogen-bond donors (Lipinski definition) is 7. The summed E-state index contributed by atoms with van der Waals surface area (Å²) < 4.78 is 4.80. The van der Waals surface area contributed by atoms with Gasteiger partial charge < -0.3 is 48.1 Å². The van der Waals surface area contributed by atoms with Crippen molar-refractivity contribution in [2.75, 3.05) is 33.3 Å². The van der Waals surface area contributed by atoms with E-state index in [1.54, 1.807) is 0 Å². The summed E-state index contributed by atoms with van der Waals surface area (Å²) in [5, 5.41) is 11.1. The highest BCUT2D eigenvalue weighted by Gasteiger charge is 2.40. The minimum absolute atomic E-state index is 0.152. The predicted octanol–water partition coefficient (Wildman–Crippen LogP) is 0.428. The first-order valence-electron chi connectivity index (χ1n) is 19.1. The molecule has 1 heterocycles. The number of nitrogens with two attached hydrogens (primary N) is 3. The fourth-order valence-electron chi connectivity index (χ4n) is 6.33. The van der Waals surface area contributed by atoms with Crippen molar-refractivity contribution in [2.24, 2.45) is 23.1 Å². The maximum absolute atomic E-state index is 14.0. The van der Waals surface area contributed by atoms with Gasteiger partial charge in [-0.2, -0.15) is 0 Å². The lowest BCUT2D eigenvalue weighted by molar-refractivity contribution is -0.150. The Balaban J connectivity index is 1.72. The topological polar surface area (TPSA) is 241 Å². The van der Waals surface area contributed by atoms with E-state index < -0.39 is 59.3 Å². The van der Waals surface area contributed by atoms with Crippen molar-refractivity contribution in [1.29, 1.82) is 0 Å². The molecule has 15 nitrogen and oxygen atoms in total. The van der Waals surface area contributed by atoms with Crippen molar-refractivity contribution in [1.82, 2.24) is 26.2 Å². The summed E-state index contributed by atoms with van der Waals surface area (Å²) in [4.78, 5) is 81.3. The molecule has 0 radical (unpaired) electrons. The van der Waals surface area contributed by atoms with Crippen LogP contribution in [0.2, 0.25) is 0 Å². The molecule has 302 valence electrons. The highest BCUT2D eigenvalue weighted by molar-refractivity contribution is 5.95. The number of methoxy groups -OCH3 is 1. The summed E-state index contributed by atoms with van der Waals surface area (Å²) in [6, 6.07) is 14.5. The van der Waals surface area contributed by atoms with Crippen LogP contribution in [0.1, 0.15) is 69.9 Å². The highest BCUT2D eigenvalue weighted by Crippen LogP contribution is 2.21. The minimum atomic E-state index is -1.17. The zero-order chi connectivity index (χ0) is 40.4. The van der Waals surface area contributed by atoms with Crippen LogP contribution in [0, 0.1) is 5.92 Å². The van der Waals surface area contributed by atoms with Crippen LogP contribution in [0.25, 0.3) is 0 Å². The number of rotatable bonds is 21. The second-order valence-electron chi connectivity index (χ2n) is 14.7. The molecular formula is C40H60N8O7. The number of carbonyl (C=O) groups excluding carboxylic acids is 6. The molecule has 2 aromatic carbocycles. The first-order valence-corrected chi connectivity index (χ1v) is 19.1. The fraction of sp³-hybridized carbons (Fsp3) is 0.550. The van der Waals surface area contributed by atoms with E-state index >= 15 is 0 Å². The fourth-order valence-corrected chi connectivity index (χ4v) is 6.33. The van der Waals surface area contributed by atoms with Gasteiger partial charge in [-0.3, -0.25) is 28.8 Å². The molecule has 1 aliphatic heterocycles. The Morgan fingerprint density at radius 2 is 1.25 bits per heavy atom. The molecule has 15 heteroatoms. The molecule has 10 N–H and O–H groups in total. The van der Waals surface area contributed by atoms with Crippen LogP contribution in [0.15, 0.2) is 60.7 Å².